The van der Waals surface area contributed by atoms with Gasteiger partial charge in [0, 0.05) is 12.6 Å². The molecule has 1 aromatic rings. The summed E-state index contributed by atoms with van der Waals surface area (Å²) in [4.78, 5) is 3.67. The van der Waals surface area contributed by atoms with E-state index >= 15 is 0 Å². The topological polar surface area (TPSA) is 50.9 Å². The molecule has 1 saturated heterocycles. The van der Waals surface area contributed by atoms with Gasteiger partial charge in [0.05, 0.1) is 0 Å². The number of nitrogen functional groups attached to an aromatic ring is 1. The van der Waals surface area contributed by atoms with Crippen LogP contribution in [-0.2, 0) is 0 Å². The predicted molar refractivity (Wildman–Crippen MR) is 67.1 cm³/mol. The summed E-state index contributed by atoms with van der Waals surface area (Å²) in [6, 6.07) is 0.765. The molecule has 94 valence electrons. The summed E-state index contributed by atoms with van der Waals surface area (Å²) < 4.78 is 26.3. The highest BCUT2D eigenvalue weighted by Gasteiger charge is 2.15. The van der Waals surface area contributed by atoms with Gasteiger partial charge in [0.2, 0.25) is 0 Å². The maximum Gasteiger partial charge on any atom is 0.168 e. The maximum atomic E-state index is 13.4. The monoisotopic (exact) mass is 259 g/mol. The molecule has 0 aromatic carbocycles. The van der Waals surface area contributed by atoms with Crippen LogP contribution < -0.4 is 11.1 Å². The van der Waals surface area contributed by atoms with Crippen molar-refractivity contribution in [3.05, 3.63) is 17.7 Å². The van der Waals surface area contributed by atoms with Crippen LogP contribution in [0, 0.1) is 17.6 Å². The number of pyridine rings is 1. The fourth-order valence-electron chi connectivity index (χ4n) is 1.80. The van der Waals surface area contributed by atoms with Gasteiger partial charge < -0.3 is 11.1 Å². The van der Waals surface area contributed by atoms with Crippen LogP contribution in [0.4, 0.5) is 20.4 Å². The first-order valence-electron chi connectivity index (χ1n) is 5.60. The molecule has 0 radical (unpaired) electrons. The quantitative estimate of drug-likeness (QED) is 0.875. The Morgan fingerprint density at radius 2 is 2.06 bits per heavy atom. The van der Waals surface area contributed by atoms with Crippen molar-refractivity contribution in [2.24, 2.45) is 5.92 Å². The molecule has 0 amide bonds. The van der Waals surface area contributed by atoms with Crippen LogP contribution in [0.1, 0.15) is 12.8 Å². The van der Waals surface area contributed by atoms with Gasteiger partial charge in [0.15, 0.2) is 23.3 Å². The summed E-state index contributed by atoms with van der Waals surface area (Å²) in [5, 5.41) is 2.91. The van der Waals surface area contributed by atoms with Gasteiger partial charge in [0.1, 0.15) is 0 Å². The molecule has 0 atom stereocenters. The number of hydrogen-bond acceptors (Lipinski definition) is 4. The van der Waals surface area contributed by atoms with E-state index in [1.54, 1.807) is 0 Å². The number of rotatable bonds is 3. The van der Waals surface area contributed by atoms with Gasteiger partial charge in [-0.05, 0) is 30.3 Å². The van der Waals surface area contributed by atoms with Crippen molar-refractivity contribution in [3.8, 4) is 0 Å². The van der Waals surface area contributed by atoms with E-state index in [1.807, 2.05) is 11.8 Å². The van der Waals surface area contributed by atoms with E-state index in [0.717, 1.165) is 30.4 Å². The van der Waals surface area contributed by atoms with E-state index in [1.165, 1.54) is 0 Å². The lowest BCUT2D eigenvalue weighted by molar-refractivity contribution is 0.512. The van der Waals surface area contributed by atoms with Crippen molar-refractivity contribution >= 4 is 23.4 Å². The van der Waals surface area contributed by atoms with Gasteiger partial charge in [-0.2, -0.15) is 11.8 Å². The predicted octanol–water partition coefficient (Wildman–Crippen LogP) is 2.50. The first-order valence-corrected chi connectivity index (χ1v) is 6.75. The first-order chi connectivity index (χ1) is 8.16. The van der Waals surface area contributed by atoms with E-state index in [4.69, 9.17) is 5.73 Å². The van der Waals surface area contributed by atoms with Crippen molar-refractivity contribution < 1.29 is 8.78 Å². The molecule has 1 aromatic heterocycles. The van der Waals surface area contributed by atoms with E-state index in [0.29, 0.717) is 12.5 Å². The number of thioether (sulfide) groups is 1. The number of nitrogens with two attached hydrogens (primary N) is 1. The molecular weight excluding hydrogens is 244 g/mol. The molecule has 17 heavy (non-hydrogen) atoms. The molecule has 2 rings (SSSR count). The smallest absolute Gasteiger partial charge is 0.168 e. The fourth-order valence-corrected chi connectivity index (χ4v) is 3.00. The largest absolute Gasteiger partial charge is 0.381 e. The summed E-state index contributed by atoms with van der Waals surface area (Å²) in [7, 11) is 0. The highest BCUT2D eigenvalue weighted by molar-refractivity contribution is 7.99. The maximum absolute atomic E-state index is 13.4. The molecule has 1 fully saturated rings. The van der Waals surface area contributed by atoms with Crippen molar-refractivity contribution in [2.45, 2.75) is 12.8 Å². The van der Waals surface area contributed by atoms with Crippen LogP contribution in [-0.4, -0.2) is 23.0 Å². The fraction of sp³-hybridized carbons (Fsp3) is 0.545. The number of aromatic nitrogens is 1. The second-order valence-electron chi connectivity index (χ2n) is 4.12. The molecular formula is C11H15F2N3S. The first kappa shape index (κ1) is 12.4. The molecule has 1 aliphatic rings. The zero-order valence-electron chi connectivity index (χ0n) is 9.38. The van der Waals surface area contributed by atoms with E-state index < -0.39 is 11.6 Å². The van der Waals surface area contributed by atoms with Crippen LogP contribution in [0.3, 0.4) is 0 Å². The summed E-state index contributed by atoms with van der Waals surface area (Å²) in [6.45, 7) is 0.662. The number of nitrogens with one attached hydrogen (secondary N) is 1. The summed E-state index contributed by atoms with van der Waals surface area (Å²) in [5.41, 5.74) is 5.30. The molecule has 0 unspecified atom stereocenters. The van der Waals surface area contributed by atoms with Crippen molar-refractivity contribution in [2.75, 3.05) is 29.1 Å². The Bertz CT molecular complexity index is 395. The Morgan fingerprint density at radius 1 is 1.35 bits per heavy atom. The lowest BCUT2D eigenvalue weighted by Crippen LogP contribution is -2.20. The highest BCUT2D eigenvalue weighted by atomic mass is 32.2. The molecule has 0 saturated carbocycles. The Balaban J connectivity index is 1.96. The van der Waals surface area contributed by atoms with Crippen molar-refractivity contribution in [3.63, 3.8) is 0 Å². The van der Waals surface area contributed by atoms with E-state index in [2.05, 4.69) is 10.3 Å². The van der Waals surface area contributed by atoms with Crippen LogP contribution in [0.2, 0.25) is 0 Å². The lowest BCUT2D eigenvalue weighted by atomic mass is 10.0. The molecule has 3 N–H and O–H groups in total. The highest BCUT2D eigenvalue weighted by Crippen LogP contribution is 2.23. The molecule has 0 aliphatic carbocycles. The standard InChI is InChI=1S/C11H15F2N3S/c12-8-5-9(13)11(16-10(8)14)15-6-7-1-3-17-4-2-7/h5,7H,1-4,6H2,(H3,14,15,16). The second-order valence-corrected chi connectivity index (χ2v) is 5.35. The van der Waals surface area contributed by atoms with Gasteiger partial charge in [0.25, 0.3) is 0 Å². The van der Waals surface area contributed by atoms with Gasteiger partial charge in [-0.3, -0.25) is 0 Å². The molecule has 0 bridgehead atoms. The molecule has 0 spiro atoms. The van der Waals surface area contributed by atoms with Gasteiger partial charge >= 0.3 is 0 Å². The SMILES string of the molecule is Nc1nc(NCC2CCSCC2)c(F)cc1F. The van der Waals surface area contributed by atoms with Crippen LogP contribution in [0.25, 0.3) is 0 Å². The van der Waals surface area contributed by atoms with Crippen LogP contribution >= 0.6 is 11.8 Å². The molecule has 3 nitrogen and oxygen atoms in total. The minimum atomic E-state index is -0.817. The third kappa shape index (κ3) is 3.21. The van der Waals surface area contributed by atoms with Crippen molar-refractivity contribution in [1.82, 2.24) is 4.98 Å². The Kier molecular flexibility index (Phi) is 4.04. The minimum absolute atomic E-state index is 0.0436. The number of nitrogens with zero attached hydrogens (tertiary/aromatic N) is 1. The van der Waals surface area contributed by atoms with Crippen LogP contribution in [0.15, 0.2) is 6.07 Å². The zero-order chi connectivity index (χ0) is 12.3. The number of hydrogen-bond donors (Lipinski definition) is 2. The summed E-state index contributed by atoms with van der Waals surface area (Å²) in [5.74, 6) is 1.09. The molecule has 1 aliphatic heterocycles. The Labute approximate surface area is 103 Å². The zero-order valence-corrected chi connectivity index (χ0v) is 10.2. The number of halogens is 2. The van der Waals surface area contributed by atoms with E-state index in [-0.39, 0.29) is 11.6 Å². The van der Waals surface area contributed by atoms with Crippen LogP contribution in [0.5, 0.6) is 0 Å². The molecule has 6 heteroatoms. The minimum Gasteiger partial charge on any atom is -0.381 e. The average Bonchev–Trinajstić information content (AvgIpc) is 2.33. The third-order valence-corrected chi connectivity index (χ3v) is 3.90. The summed E-state index contributed by atoms with van der Waals surface area (Å²) >= 11 is 1.94. The van der Waals surface area contributed by atoms with E-state index in [9.17, 15) is 8.78 Å². The van der Waals surface area contributed by atoms with Gasteiger partial charge in [-0.15, -0.1) is 0 Å². The third-order valence-electron chi connectivity index (χ3n) is 2.86. The normalized spacial score (nSPS) is 17.1. The van der Waals surface area contributed by atoms with Crippen molar-refractivity contribution in [1.29, 1.82) is 0 Å². The van der Waals surface area contributed by atoms with Gasteiger partial charge in [-0.25, -0.2) is 13.8 Å². The number of anilines is 2. The molecule has 2 heterocycles. The summed E-state index contributed by atoms with van der Waals surface area (Å²) in [6.07, 6.45) is 2.24. The average molecular weight is 259 g/mol. The second kappa shape index (κ2) is 5.53. The lowest BCUT2D eigenvalue weighted by Gasteiger charge is -2.21. The Hall–Kier alpha value is -1.04. The van der Waals surface area contributed by atoms with Gasteiger partial charge in [-0.1, -0.05) is 0 Å². The Morgan fingerprint density at radius 3 is 2.76 bits per heavy atom.